The van der Waals surface area contributed by atoms with Crippen molar-refractivity contribution in [3.05, 3.63) is 90.2 Å². The molecule has 27 heavy (non-hydrogen) atoms. The first-order valence-electron chi connectivity index (χ1n) is 8.29. The molecule has 0 fully saturated rings. The molecule has 0 aliphatic carbocycles. The fourth-order valence-corrected chi connectivity index (χ4v) is 3.25. The molecule has 0 spiro atoms. The van der Waals surface area contributed by atoms with Crippen LogP contribution in [0, 0.1) is 0 Å². The van der Waals surface area contributed by atoms with Gasteiger partial charge in [-0.2, -0.15) is 0 Å². The molecule has 0 aliphatic heterocycles. The number of anilines is 1. The summed E-state index contributed by atoms with van der Waals surface area (Å²) in [5.41, 5.74) is 1.82. The number of hydrogen-bond acceptors (Lipinski definition) is 5. The van der Waals surface area contributed by atoms with E-state index in [9.17, 15) is 4.79 Å². The van der Waals surface area contributed by atoms with Crippen molar-refractivity contribution < 1.29 is 9.53 Å². The van der Waals surface area contributed by atoms with Crippen molar-refractivity contribution in [2.45, 2.75) is 0 Å². The molecule has 6 heteroatoms. The summed E-state index contributed by atoms with van der Waals surface area (Å²) < 4.78 is 5.88. The zero-order chi connectivity index (χ0) is 18.5. The number of pyridine rings is 1. The Balaban J connectivity index is 1.53. The van der Waals surface area contributed by atoms with Crippen LogP contribution in [0.25, 0.3) is 10.6 Å². The van der Waals surface area contributed by atoms with Crippen LogP contribution in [-0.2, 0) is 0 Å². The summed E-state index contributed by atoms with van der Waals surface area (Å²) >= 11 is 1.41. The molecule has 0 saturated carbocycles. The van der Waals surface area contributed by atoms with Gasteiger partial charge in [-0.25, -0.2) is 4.98 Å². The lowest BCUT2D eigenvalue weighted by atomic mass is 10.2. The molecule has 0 saturated heterocycles. The second-order valence-electron chi connectivity index (χ2n) is 5.64. The van der Waals surface area contributed by atoms with Crippen LogP contribution >= 0.6 is 11.3 Å². The molecular formula is C21H15N3O2S. The maximum atomic E-state index is 12.6. The van der Waals surface area contributed by atoms with Crippen molar-refractivity contribution in [2.24, 2.45) is 0 Å². The number of carbonyl (C=O) groups is 1. The number of nitrogens with zero attached hydrogens (tertiary/aromatic N) is 2. The zero-order valence-corrected chi connectivity index (χ0v) is 15.0. The van der Waals surface area contributed by atoms with Crippen LogP contribution in [-0.4, -0.2) is 15.9 Å². The van der Waals surface area contributed by atoms with Crippen molar-refractivity contribution in [3.63, 3.8) is 0 Å². The number of nitrogens with one attached hydrogen (secondary N) is 1. The first kappa shape index (κ1) is 16.9. The molecule has 5 nitrogen and oxygen atoms in total. The van der Waals surface area contributed by atoms with Gasteiger partial charge < -0.3 is 10.1 Å². The molecule has 4 aromatic rings. The second kappa shape index (κ2) is 7.80. The summed E-state index contributed by atoms with van der Waals surface area (Å²) in [6.07, 6.45) is 3.43. The van der Waals surface area contributed by atoms with Crippen LogP contribution in [0.1, 0.15) is 10.5 Å². The Bertz CT molecular complexity index is 1050. The molecule has 0 bridgehead atoms. The van der Waals surface area contributed by atoms with Gasteiger partial charge in [-0.3, -0.25) is 9.78 Å². The Hall–Kier alpha value is -3.51. The smallest absolute Gasteiger partial charge is 0.275 e. The summed E-state index contributed by atoms with van der Waals surface area (Å²) in [7, 11) is 0. The lowest BCUT2D eigenvalue weighted by Crippen LogP contribution is -2.12. The summed E-state index contributed by atoms with van der Waals surface area (Å²) in [4.78, 5) is 21.1. The zero-order valence-electron chi connectivity index (χ0n) is 14.2. The SMILES string of the molecule is O=C(Nc1ccccc1Oc1ccccc1)c1csc(-c2cccnc2)n1. The number of ether oxygens (including phenoxy) is 1. The molecule has 0 atom stereocenters. The quantitative estimate of drug-likeness (QED) is 0.519. The minimum absolute atomic E-state index is 0.287. The standard InChI is InChI=1S/C21H15N3O2S/c25-20(18-14-27-21(24-18)15-7-6-12-22-13-15)23-17-10-4-5-11-19(17)26-16-8-2-1-3-9-16/h1-14H,(H,23,25). The average Bonchev–Trinajstić information content (AvgIpc) is 3.21. The van der Waals surface area contributed by atoms with Gasteiger partial charge in [0.2, 0.25) is 0 Å². The Morgan fingerprint density at radius 3 is 2.59 bits per heavy atom. The first-order valence-corrected chi connectivity index (χ1v) is 9.17. The van der Waals surface area contributed by atoms with Gasteiger partial charge in [0.15, 0.2) is 5.75 Å². The monoisotopic (exact) mass is 373 g/mol. The number of rotatable bonds is 5. The van der Waals surface area contributed by atoms with Crippen molar-refractivity contribution in [1.82, 2.24) is 9.97 Å². The Morgan fingerprint density at radius 2 is 1.78 bits per heavy atom. The molecular weight excluding hydrogens is 358 g/mol. The normalized spacial score (nSPS) is 10.4. The third-order valence-corrected chi connectivity index (χ3v) is 4.64. The van der Waals surface area contributed by atoms with E-state index < -0.39 is 0 Å². The summed E-state index contributed by atoms with van der Waals surface area (Å²) in [5, 5.41) is 5.36. The molecule has 4 rings (SSSR count). The highest BCUT2D eigenvalue weighted by molar-refractivity contribution is 7.13. The molecule has 2 aromatic heterocycles. The van der Waals surface area contributed by atoms with Crippen LogP contribution < -0.4 is 10.1 Å². The van der Waals surface area contributed by atoms with E-state index in [0.29, 0.717) is 22.9 Å². The van der Waals surface area contributed by atoms with E-state index in [4.69, 9.17) is 4.74 Å². The Labute approximate surface area is 160 Å². The maximum Gasteiger partial charge on any atom is 0.275 e. The molecule has 132 valence electrons. The van der Waals surface area contributed by atoms with Gasteiger partial charge >= 0.3 is 0 Å². The predicted octanol–water partition coefficient (Wildman–Crippen LogP) is 5.25. The first-order chi connectivity index (χ1) is 13.3. The molecule has 1 amide bonds. The molecule has 1 N–H and O–H groups in total. The number of carbonyl (C=O) groups excluding carboxylic acids is 1. The number of para-hydroxylation sites is 3. The van der Waals surface area contributed by atoms with Gasteiger partial charge in [-0.05, 0) is 36.4 Å². The number of thiazole rings is 1. The Morgan fingerprint density at radius 1 is 0.963 bits per heavy atom. The van der Waals surface area contributed by atoms with E-state index in [1.165, 1.54) is 11.3 Å². The van der Waals surface area contributed by atoms with E-state index >= 15 is 0 Å². The fourth-order valence-electron chi connectivity index (χ4n) is 2.46. The molecule has 2 heterocycles. The van der Waals surface area contributed by atoms with Gasteiger partial charge in [0.25, 0.3) is 5.91 Å². The van der Waals surface area contributed by atoms with Crippen molar-refractivity contribution in [1.29, 1.82) is 0 Å². The van der Waals surface area contributed by atoms with Crippen LogP contribution in [0.2, 0.25) is 0 Å². The van der Waals surface area contributed by atoms with Crippen LogP contribution in [0.15, 0.2) is 84.5 Å². The molecule has 0 radical (unpaired) electrons. The number of amides is 1. The van der Waals surface area contributed by atoms with E-state index in [2.05, 4.69) is 15.3 Å². The lowest BCUT2D eigenvalue weighted by Gasteiger charge is -2.11. The minimum atomic E-state index is -0.287. The van der Waals surface area contributed by atoms with Crippen LogP contribution in [0.5, 0.6) is 11.5 Å². The van der Waals surface area contributed by atoms with Crippen LogP contribution in [0.3, 0.4) is 0 Å². The van der Waals surface area contributed by atoms with E-state index in [0.717, 1.165) is 10.6 Å². The minimum Gasteiger partial charge on any atom is -0.455 e. The maximum absolute atomic E-state index is 12.6. The van der Waals surface area contributed by atoms with Crippen LogP contribution in [0.4, 0.5) is 5.69 Å². The summed E-state index contributed by atoms with van der Waals surface area (Å²) in [6, 6.07) is 20.5. The number of benzene rings is 2. The van der Waals surface area contributed by atoms with Crippen molar-refractivity contribution in [3.8, 4) is 22.1 Å². The highest BCUT2D eigenvalue weighted by Crippen LogP contribution is 2.30. The van der Waals surface area contributed by atoms with Gasteiger partial charge in [-0.15, -0.1) is 11.3 Å². The lowest BCUT2D eigenvalue weighted by molar-refractivity contribution is 0.102. The third-order valence-electron chi connectivity index (χ3n) is 3.75. The fraction of sp³-hybridized carbons (Fsp3) is 0. The van der Waals surface area contributed by atoms with Gasteiger partial charge in [-0.1, -0.05) is 30.3 Å². The highest BCUT2D eigenvalue weighted by atomic mass is 32.1. The predicted molar refractivity (Wildman–Crippen MR) is 106 cm³/mol. The van der Waals surface area contributed by atoms with E-state index in [1.54, 1.807) is 23.8 Å². The molecule has 2 aromatic carbocycles. The molecule has 0 unspecified atom stereocenters. The van der Waals surface area contributed by atoms with Gasteiger partial charge in [0.05, 0.1) is 5.69 Å². The number of hydrogen-bond donors (Lipinski definition) is 1. The van der Waals surface area contributed by atoms with Gasteiger partial charge in [0, 0.05) is 23.3 Å². The average molecular weight is 373 g/mol. The van der Waals surface area contributed by atoms with Crippen molar-refractivity contribution >= 4 is 22.9 Å². The van der Waals surface area contributed by atoms with E-state index in [-0.39, 0.29) is 5.91 Å². The van der Waals surface area contributed by atoms with Gasteiger partial charge in [0.1, 0.15) is 16.5 Å². The highest BCUT2D eigenvalue weighted by Gasteiger charge is 2.14. The third kappa shape index (κ3) is 4.02. The largest absolute Gasteiger partial charge is 0.455 e. The number of aromatic nitrogens is 2. The second-order valence-corrected chi connectivity index (χ2v) is 6.50. The van der Waals surface area contributed by atoms with Crippen molar-refractivity contribution in [2.75, 3.05) is 5.32 Å². The summed E-state index contributed by atoms with van der Waals surface area (Å²) in [5.74, 6) is 0.983. The summed E-state index contributed by atoms with van der Waals surface area (Å²) in [6.45, 7) is 0. The topological polar surface area (TPSA) is 64.1 Å². The van der Waals surface area contributed by atoms with E-state index in [1.807, 2.05) is 60.7 Å². The Kier molecular flexibility index (Phi) is 4.89. The molecule has 0 aliphatic rings.